The third-order valence-corrected chi connectivity index (χ3v) is 7.02. The minimum Gasteiger partial charge on any atom is -0.355 e. The minimum absolute atomic E-state index is 0.135. The topological polar surface area (TPSA) is 78.8 Å². The zero-order valence-corrected chi connectivity index (χ0v) is 17.9. The number of hydrogen-bond donors (Lipinski definition) is 1. The smallest absolute Gasteiger partial charge is 0.285 e. The van der Waals surface area contributed by atoms with Crippen molar-refractivity contribution in [2.45, 2.75) is 17.7 Å². The number of fused-ring (bicyclic) bond motifs is 1. The monoisotopic (exact) mass is 481 g/mol. The molecule has 0 saturated carbocycles. The number of carbonyl (C=O) groups is 1. The first-order valence-electron chi connectivity index (χ1n) is 8.80. The van der Waals surface area contributed by atoms with Gasteiger partial charge in [0.25, 0.3) is 10.0 Å². The maximum Gasteiger partial charge on any atom is 0.285 e. The molecular formula is C19H17BrClN3O3S. The average molecular weight is 483 g/mol. The highest BCUT2D eigenvalue weighted by Gasteiger charge is 2.35. The van der Waals surface area contributed by atoms with Crippen molar-refractivity contribution >= 4 is 55.0 Å². The molecule has 4 rings (SSSR count). The second-order valence-corrected chi connectivity index (χ2v) is 9.68. The fourth-order valence-electron chi connectivity index (χ4n) is 3.53. The molecule has 2 aromatic rings. The van der Waals surface area contributed by atoms with Gasteiger partial charge >= 0.3 is 0 Å². The lowest BCUT2D eigenvalue weighted by molar-refractivity contribution is -0.121. The zero-order valence-electron chi connectivity index (χ0n) is 14.7. The van der Waals surface area contributed by atoms with Crippen molar-refractivity contribution in [1.82, 2.24) is 4.90 Å². The van der Waals surface area contributed by atoms with Crippen LogP contribution in [0.4, 0.5) is 5.69 Å². The van der Waals surface area contributed by atoms with Gasteiger partial charge in [-0.15, -0.1) is 4.40 Å². The van der Waals surface area contributed by atoms with Crippen LogP contribution in [0.3, 0.4) is 0 Å². The molecule has 0 radical (unpaired) electrons. The molecule has 0 bridgehead atoms. The molecule has 0 aromatic heterocycles. The Hall–Kier alpha value is -1.90. The summed E-state index contributed by atoms with van der Waals surface area (Å²) in [5.41, 5.74) is 1.15. The van der Waals surface area contributed by atoms with E-state index in [4.69, 9.17) is 11.6 Å². The molecule has 1 fully saturated rings. The molecule has 1 saturated heterocycles. The summed E-state index contributed by atoms with van der Waals surface area (Å²) in [6, 6.07) is 12.1. The number of nitrogens with zero attached hydrogens (tertiary/aromatic N) is 2. The Kier molecular flexibility index (Phi) is 5.20. The van der Waals surface area contributed by atoms with E-state index in [9.17, 15) is 13.2 Å². The van der Waals surface area contributed by atoms with Crippen LogP contribution in [0.15, 0.2) is 56.2 Å². The molecule has 2 heterocycles. The fourth-order valence-corrected chi connectivity index (χ4v) is 5.47. The van der Waals surface area contributed by atoms with Crippen molar-refractivity contribution in [1.29, 1.82) is 0 Å². The van der Waals surface area contributed by atoms with Crippen LogP contribution < -0.4 is 5.32 Å². The van der Waals surface area contributed by atoms with Crippen molar-refractivity contribution in [3.05, 3.63) is 57.5 Å². The quantitative estimate of drug-likeness (QED) is 0.704. The summed E-state index contributed by atoms with van der Waals surface area (Å²) in [5, 5.41) is 3.33. The summed E-state index contributed by atoms with van der Waals surface area (Å²) in [7, 11) is -3.68. The van der Waals surface area contributed by atoms with E-state index < -0.39 is 10.0 Å². The van der Waals surface area contributed by atoms with E-state index in [1.165, 1.54) is 0 Å². The number of halogens is 2. The Morgan fingerprint density at radius 1 is 1.25 bits per heavy atom. The normalized spacial score (nSPS) is 20.4. The summed E-state index contributed by atoms with van der Waals surface area (Å²) in [4.78, 5) is 14.9. The van der Waals surface area contributed by atoms with Gasteiger partial charge in [-0.2, -0.15) is 8.42 Å². The van der Waals surface area contributed by atoms with E-state index in [1.807, 2.05) is 11.0 Å². The average Bonchev–Trinajstić information content (AvgIpc) is 2.96. The van der Waals surface area contributed by atoms with Gasteiger partial charge in [0.1, 0.15) is 4.90 Å². The lowest BCUT2D eigenvalue weighted by Crippen LogP contribution is -2.43. The number of benzene rings is 2. The number of amidine groups is 1. The molecule has 1 unspecified atom stereocenters. The Labute approximate surface area is 176 Å². The molecule has 1 atom stereocenters. The number of anilines is 1. The van der Waals surface area contributed by atoms with Crippen molar-refractivity contribution < 1.29 is 13.2 Å². The first kappa shape index (κ1) is 19.4. The van der Waals surface area contributed by atoms with Crippen LogP contribution >= 0.6 is 27.5 Å². The molecule has 146 valence electrons. The molecule has 28 heavy (non-hydrogen) atoms. The predicted molar refractivity (Wildman–Crippen MR) is 112 cm³/mol. The van der Waals surface area contributed by atoms with Crippen LogP contribution in [0, 0.1) is 5.92 Å². The van der Waals surface area contributed by atoms with Crippen LogP contribution in [-0.4, -0.2) is 38.2 Å². The van der Waals surface area contributed by atoms with E-state index in [1.54, 1.807) is 36.4 Å². The summed E-state index contributed by atoms with van der Waals surface area (Å²) in [5.74, 6) is 0.00469. The van der Waals surface area contributed by atoms with E-state index in [-0.39, 0.29) is 16.7 Å². The van der Waals surface area contributed by atoms with Crippen molar-refractivity contribution in [2.24, 2.45) is 10.3 Å². The van der Waals surface area contributed by atoms with E-state index >= 15 is 0 Å². The van der Waals surface area contributed by atoms with Gasteiger partial charge in [-0.1, -0.05) is 39.7 Å². The van der Waals surface area contributed by atoms with Gasteiger partial charge in [0, 0.05) is 23.1 Å². The third kappa shape index (κ3) is 3.68. The minimum atomic E-state index is -3.68. The number of likely N-dealkylation sites (tertiary alicyclic amines) is 1. The molecule has 2 aliphatic heterocycles. The molecule has 0 aliphatic carbocycles. The Bertz CT molecular complexity index is 1090. The Morgan fingerprint density at radius 3 is 2.82 bits per heavy atom. The largest absolute Gasteiger partial charge is 0.355 e. The number of nitrogens with one attached hydrogen (secondary N) is 1. The summed E-state index contributed by atoms with van der Waals surface area (Å²) in [6.07, 6.45) is 1.49. The van der Waals surface area contributed by atoms with Gasteiger partial charge in [0.2, 0.25) is 5.91 Å². The Morgan fingerprint density at radius 2 is 2.04 bits per heavy atom. The van der Waals surface area contributed by atoms with Crippen molar-refractivity contribution in [2.75, 3.05) is 18.4 Å². The zero-order chi connectivity index (χ0) is 19.9. The predicted octanol–water partition coefficient (Wildman–Crippen LogP) is 3.90. The van der Waals surface area contributed by atoms with E-state index in [2.05, 4.69) is 25.6 Å². The fraction of sp³-hybridized carbons (Fsp3) is 0.263. The number of piperidine rings is 1. The summed E-state index contributed by atoms with van der Waals surface area (Å²) >= 11 is 9.53. The summed E-state index contributed by atoms with van der Waals surface area (Å²) < 4.78 is 29.4. The van der Waals surface area contributed by atoms with E-state index in [0.29, 0.717) is 35.2 Å². The van der Waals surface area contributed by atoms with Gasteiger partial charge in [-0.05, 0) is 43.2 Å². The highest BCUT2D eigenvalue weighted by atomic mass is 79.9. The second kappa shape index (κ2) is 7.50. The molecule has 1 N–H and O–H groups in total. The number of carbonyl (C=O) groups excluding carboxylic acids is 1. The van der Waals surface area contributed by atoms with Gasteiger partial charge < -0.3 is 10.2 Å². The maximum absolute atomic E-state index is 12.8. The summed E-state index contributed by atoms with van der Waals surface area (Å²) in [6.45, 7) is 1.06. The van der Waals surface area contributed by atoms with Gasteiger partial charge in [0.05, 0.1) is 16.6 Å². The van der Waals surface area contributed by atoms with Crippen LogP contribution in [0.5, 0.6) is 0 Å². The standard InChI is InChI=1S/C19H17BrClN3O3S/c20-13-7-8-16(15(21)10-13)22-19(25)12-4-3-9-24(11-12)18-14-5-1-2-6-17(14)28(26,27)23-18/h1-2,5-8,10,12H,3-4,9,11H2,(H,22,25). The number of rotatable bonds is 2. The van der Waals surface area contributed by atoms with Gasteiger partial charge in [-0.25, -0.2) is 0 Å². The number of hydrogen-bond acceptors (Lipinski definition) is 4. The molecule has 9 heteroatoms. The highest BCUT2D eigenvalue weighted by molar-refractivity contribution is 9.10. The van der Waals surface area contributed by atoms with Crippen molar-refractivity contribution in [3.8, 4) is 0 Å². The first-order valence-corrected chi connectivity index (χ1v) is 11.4. The van der Waals surface area contributed by atoms with Crippen molar-refractivity contribution in [3.63, 3.8) is 0 Å². The lowest BCUT2D eigenvalue weighted by atomic mass is 9.96. The van der Waals surface area contributed by atoms with Gasteiger partial charge in [-0.3, -0.25) is 4.79 Å². The molecule has 2 aromatic carbocycles. The van der Waals surface area contributed by atoms with E-state index in [0.717, 1.165) is 17.3 Å². The molecule has 1 amide bonds. The second-order valence-electron chi connectivity index (χ2n) is 6.78. The van der Waals surface area contributed by atoms with Crippen LogP contribution in [-0.2, 0) is 14.8 Å². The lowest BCUT2D eigenvalue weighted by Gasteiger charge is -2.33. The highest BCUT2D eigenvalue weighted by Crippen LogP contribution is 2.31. The molecule has 6 nitrogen and oxygen atoms in total. The Balaban J connectivity index is 1.53. The van der Waals surface area contributed by atoms with Crippen LogP contribution in [0.25, 0.3) is 0 Å². The van der Waals surface area contributed by atoms with Gasteiger partial charge in [0.15, 0.2) is 5.84 Å². The van der Waals surface area contributed by atoms with Crippen LogP contribution in [0.1, 0.15) is 18.4 Å². The SMILES string of the molecule is O=C(Nc1ccc(Br)cc1Cl)C1CCCN(C2=NS(=O)(=O)c3ccccc32)C1. The molecule has 0 spiro atoms. The maximum atomic E-state index is 12.8. The number of amides is 1. The van der Waals surface area contributed by atoms with Crippen LogP contribution in [0.2, 0.25) is 5.02 Å². The number of sulfonamides is 1. The third-order valence-electron chi connectivity index (χ3n) is 4.89. The molecular weight excluding hydrogens is 466 g/mol. The first-order chi connectivity index (χ1) is 13.3. The molecule has 2 aliphatic rings.